The molecule has 0 spiro atoms. The Morgan fingerprint density at radius 2 is 2.07 bits per heavy atom. The SMILES string of the molecule is N#Cc1ccc(-c2nc(NCC3CCNC3)ncc2N2CCOCC2)cc1. The first-order valence-electron chi connectivity index (χ1n) is 9.48. The molecule has 2 fully saturated rings. The lowest BCUT2D eigenvalue weighted by Gasteiger charge is -2.30. The van der Waals surface area contributed by atoms with Crippen LogP contribution in [0.2, 0.25) is 0 Å². The molecule has 140 valence electrons. The molecule has 0 radical (unpaired) electrons. The van der Waals surface area contributed by atoms with Crippen molar-refractivity contribution in [2.75, 3.05) is 56.2 Å². The zero-order valence-electron chi connectivity index (χ0n) is 15.3. The summed E-state index contributed by atoms with van der Waals surface area (Å²) in [5, 5.41) is 15.8. The first-order valence-corrected chi connectivity index (χ1v) is 9.48. The summed E-state index contributed by atoms with van der Waals surface area (Å²) in [6, 6.07) is 9.74. The number of nitriles is 1. The Bertz CT molecular complexity index is 804. The molecular weight excluding hydrogens is 340 g/mol. The van der Waals surface area contributed by atoms with Crippen molar-refractivity contribution in [3.8, 4) is 17.3 Å². The summed E-state index contributed by atoms with van der Waals surface area (Å²) in [6.45, 7) is 6.07. The molecule has 27 heavy (non-hydrogen) atoms. The van der Waals surface area contributed by atoms with E-state index in [1.54, 1.807) is 0 Å². The third-order valence-corrected chi connectivity index (χ3v) is 5.12. The van der Waals surface area contributed by atoms with Gasteiger partial charge in [-0.1, -0.05) is 12.1 Å². The zero-order valence-corrected chi connectivity index (χ0v) is 15.3. The van der Waals surface area contributed by atoms with E-state index in [4.69, 9.17) is 15.0 Å². The molecule has 1 atom stereocenters. The molecule has 0 amide bonds. The van der Waals surface area contributed by atoms with Crippen LogP contribution in [0.3, 0.4) is 0 Å². The summed E-state index contributed by atoms with van der Waals surface area (Å²) < 4.78 is 5.48. The highest BCUT2D eigenvalue weighted by atomic mass is 16.5. The number of morpholine rings is 1. The summed E-state index contributed by atoms with van der Waals surface area (Å²) in [5.74, 6) is 1.27. The van der Waals surface area contributed by atoms with Crippen LogP contribution < -0.4 is 15.5 Å². The van der Waals surface area contributed by atoms with E-state index in [1.807, 2.05) is 30.5 Å². The average Bonchev–Trinajstić information content (AvgIpc) is 3.26. The van der Waals surface area contributed by atoms with Crippen LogP contribution in [-0.2, 0) is 4.74 Å². The van der Waals surface area contributed by atoms with Gasteiger partial charge < -0.3 is 20.3 Å². The van der Waals surface area contributed by atoms with Gasteiger partial charge in [0.05, 0.1) is 42.4 Å². The second-order valence-electron chi connectivity index (χ2n) is 6.96. The fourth-order valence-electron chi connectivity index (χ4n) is 3.54. The van der Waals surface area contributed by atoms with Gasteiger partial charge in [-0.25, -0.2) is 9.97 Å². The minimum Gasteiger partial charge on any atom is -0.378 e. The summed E-state index contributed by atoms with van der Waals surface area (Å²) in [5.41, 5.74) is 3.54. The van der Waals surface area contributed by atoms with Crippen LogP contribution in [0.5, 0.6) is 0 Å². The molecule has 7 heteroatoms. The van der Waals surface area contributed by atoms with Gasteiger partial charge in [-0.3, -0.25) is 0 Å². The normalized spacial score (nSPS) is 19.7. The molecule has 1 unspecified atom stereocenters. The Balaban J connectivity index is 1.62. The van der Waals surface area contributed by atoms with Crippen molar-refractivity contribution in [3.63, 3.8) is 0 Å². The third-order valence-electron chi connectivity index (χ3n) is 5.12. The molecule has 2 aliphatic heterocycles. The van der Waals surface area contributed by atoms with E-state index >= 15 is 0 Å². The Kier molecular flexibility index (Phi) is 5.47. The molecule has 2 saturated heterocycles. The Morgan fingerprint density at radius 1 is 1.26 bits per heavy atom. The van der Waals surface area contributed by atoms with Crippen LogP contribution >= 0.6 is 0 Å². The lowest BCUT2D eigenvalue weighted by Crippen LogP contribution is -2.36. The molecule has 0 bridgehead atoms. The number of nitrogens with zero attached hydrogens (tertiary/aromatic N) is 4. The third kappa shape index (κ3) is 4.18. The molecule has 0 saturated carbocycles. The number of ether oxygens (including phenoxy) is 1. The van der Waals surface area contributed by atoms with Gasteiger partial charge in [0, 0.05) is 25.2 Å². The number of anilines is 2. The minimum absolute atomic E-state index is 0.617. The number of hydrogen-bond acceptors (Lipinski definition) is 7. The maximum atomic E-state index is 9.06. The maximum Gasteiger partial charge on any atom is 0.223 e. The fraction of sp³-hybridized carbons (Fsp3) is 0.450. The van der Waals surface area contributed by atoms with Crippen LogP contribution in [0.1, 0.15) is 12.0 Å². The van der Waals surface area contributed by atoms with E-state index in [9.17, 15) is 0 Å². The second-order valence-corrected chi connectivity index (χ2v) is 6.96. The van der Waals surface area contributed by atoms with E-state index < -0.39 is 0 Å². The molecule has 4 rings (SSSR count). The summed E-state index contributed by atoms with van der Waals surface area (Å²) in [7, 11) is 0. The lowest BCUT2D eigenvalue weighted by molar-refractivity contribution is 0.122. The second kappa shape index (κ2) is 8.33. The van der Waals surface area contributed by atoms with Crippen molar-refractivity contribution < 1.29 is 4.74 Å². The zero-order chi connectivity index (χ0) is 18.5. The van der Waals surface area contributed by atoms with E-state index in [-0.39, 0.29) is 0 Å². The van der Waals surface area contributed by atoms with Gasteiger partial charge in [-0.15, -0.1) is 0 Å². The number of benzene rings is 1. The summed E-state index contributed by atoms with van der Waals surface area (Å²) >= 11 is 0. The molecule has 7 nitrogen and oxygen atoms in total. The van der Waals surface area contributed by atoms with Crippen molar-refractivity contribution in [3.05, 3.63) is 36.0 Å². The number of rotatable bonds is 5. The van der Waals surface area contributed by atoms with Crippen molar-refractivity contribution in [1.29, 1.82) is 5.26 Å². The Hall–Kier alpha value is -2.69. The molecule has 3 heterocycles. The fourth-order valence-corrected chi connectivity index (χ4v) is 3.54. The van der Waals surface area contributed by atoms with Gasteiger partial charge in [0.25, 0.3) is 0 Å². The van der Waals surface area contributed by atoms with Gasteiger partial charge in [-0.2, -0.15) is 5.26 Å². The number of aromatic nitrogens is 2. The highest BCUT2D eigenvalue weighted by molar-refractivity contribution is 5.76. The minimum atomic E-state index is 0.617. The first kappa shape index (κ1) is 17.7. The van der Waals surface area contributed by atoms with Gasteiger partial charge in [0.1, 0.15) is 0 Å². The van der Waals surface area contributed by atoms with Crippen LogP contribution in [0.4, 0.5) is 11.6 Å². The van der Waals surface area contributed by atoms with Gasteiger partial charge in [0.2, 0.25) is 5.95 Å². The van der Waals surface area contributed by atoms with Gasteiger partial charge >= 0.3 is 0 Å². The summed E-state index contributed by atoms with van der Waals surface area (Å²) in [4.78, 5) is 11.6. The van der Waals surface area contributed by atoms with Crippen LogP contribution in [-0.4, -0.2) is 55.9 Å². The van der Waals surface area contributed by atoms with Crippen LogP contribution in [0, 0.1) is 17.2 Å². The van der Waals surface area contributed by atoms with Crippen molar-refractivity contribution in [2.45, 2.75) is 6.42 Å². The number of hydrogen-bond donors (Lipinski definition) is 2. The standard InChI is InChI=1S/C20H24N6O/c21-11-15-1-3-17(4-2-15)19-18(26-7-9-27-10-8-26)14-24-20(25-19)23-13-16-5-6-22-12-16/h1-4,14,16,22H,5-10,12-13H2,(H,23,24,25). The quantitative estimate of drug-likeness (QED) is 0.838. The Morgan fingerprint density at radius 3 is 2.78 bits per heavy atom. The smallest absolute Gasteiger partial charge is 0.223 e. The van der Waals surface area contributed by atoms with E-state index in [0.29, 0.717) is 30.6 Å². The monoisotopic (exact) mass is 364 g/mol. The van der Waals surface area contributed by atoms with E-state index in [0.717, 1.165) is 49.7 Å². The van der Waals surface area contributed by atoms with E-state index in [2.05, 4.69) is 26.6 Å². The largest absolute Gasteiger partial charge is 0.378 e. The maximum absolute atomic E-state index is 9.06. The predicted molar refractivity (Wildman–Crippen MR) is 105 cm³/mol. The molecule has 2 N–H and O–H groups in total. The van der Waals surface area contributed by atoms with Crippen LogP contribution in [0.15, 0.2) is 30.5 Å². The van der Waals surface area contributed by atoms with Crippen molar-refractivity contribution in [1.82, 2.24) is 15.3 Å². The average molecular weight is 364 g/mol. The first-order chi connectivity index (χ1) is 13.3. The lowest BCUT2D eigenvalue weighted by atomic mass is 10.1. The van der Waals surface area contributed by atoms with E-state index in [1.165, 1.54) is 6.42 Å². The molecule has 1 aromatic carbocycles. The highest BCUT2D eigenvalue weighted by Crippen LogP contribution is 2.30. The molecular formula is C20H24N6O. The summed E-state index contributed by atoms with van der Waals surface area (Å²) in [6.07, 6.45) is 3.09. The molecule has 0 aliphatic carbocycles. The predicted octanol–water partition coefficient (Wildman–Crippen LogP) is 1.87. The molecule has 1 aromatic heterocycles. The Labute approximate surface area is 159 Å². The van der Waals surface area contributed by atoms with Crippen molar-refractivity contribution in [2.24, 2.45) is 5.92 Å². The molecule has 2 aromatic rings. The topological polar surface area (TPSA) is 86.1 Å². The van der Waals surface area contributed by atoms with Gasteiger partial charge in [-0.05, 0) is 37.6 Å². The van der Waals surface area contributed by atoms with Gasteiger partial charge in [0.15, 0.2) is 0 Å². The number of nitrogens with one attached hydrogen (secondary N) is 2. The van der Waals surface area contributed by atoms with Crippen LogP contribution in [0.25, 0.3) is 11.3 Å². The molecule has 2 aliphatic rings. The highest BCUT2D eigenvalue weighted by Gasteiger charge is 2.19. The van der Waals surface area contributed by atoms with Crippen molar-refractivity contribution >= 4 is 11.6 Å².